The second-order valence-corrected chi connectivity index (χ2v) is 10.9. The standard InChI is InChI=1S/C25H38N2/c1-19-6-9-22(21-15-24(2,3)18-25(4,5)16-21)23(14-19)27-12-10-26(11-13-27)17-20-7-8-20/h6,9,14-15,20H,7-8,10-13,16-18H2,1-5H3. The highest BCUT2D eigenvalue weighted by Gasteiger charge is 2.34. The molecule has 2 aliphatic carbocycles. The number of allylic oxidation sites excluding steroid dienone is 2. The molecule has 2 nitrogen and oxygen atoms in total. The van der Waals surface area contributed by atoms with E-state index in [9.17, 15) is 0 Å². The van der Waals surface area contributed by atoms with Gasteiger partial charge < -0.3 is 4.90 Å². The topological polar surface area (TPSA) is 6.48 Å². The second-order valence-electron chi connectivity index (χ2n) is 10.9. The van der Waals surface area contributed by atoms with Gasteiger partial charge in [-0.3, -0.25) is 4.90 Å². The van der Waals surface area contributed by atoms with Crippen LogP contribution in [0.3, 0.4) is 0 Å². The van der Waals surface area contributed by atoms with Crippen molar-refractivity contribution in [3.63, 3.8) is 0 Å². The zero-order valence-corrected chi connectivity index (χ0v) is 18.1. The first-order valence-electron chi connectivity index (χ1n) is 11.0. The molecule has 1 heterocycles. The molecule has 1 aromatic rings. The van der Waals surface area contributed by atoms with Crippen molar-refractivity contribution in [1.82, 2.24) is 4.90 Å². The molecule has 4 rings (SSSR count). The van der Waals surface area contributed by atoms with Crippen LogP contribution < -0.4 is 4.90 Å². The lowest BCUT2D eigenvalue weighted by molar-refractivity contribution is 0.228. The fourth-order valence-electron chi connectivity index (χ4n) is 5.57. The van der Waals surface area contributed by atoms with Crippen LogP contribution in [0.1, 0.15) is 64.5 Å². The smallest absolute Gasteiger partial charge is 0.0446 e. The third-order valence-corrected chi connectivity index (χ3v) is 6.59. The van der Waals surface area contributed by atoms with E-state index in [4.69, 9.17) is 0 Å². The third kappa shape index (κ3) is 4.59. The van der Waals surface area contributed by atoms with E-state index in [1.54, 1.807) is 5.57 Å². The van der Waals surface area contributed by atoms with Crippen LogP contribution in [-0.2, 0) is 0 Å². The largest absolute Gasteiger partial charge is 0.368 e. The van der Waals surface area contributed by atoms with E-state index in [0.717, 1.165) is 5.92 Å². The second kappa shape index (κ2) is 6.95. The minimum absolute atomic E-state index is 0.280. The molecule has 0 unspecified atom stereocenters. The number of rotatable bonds is 4. The summed E-state index contributed by atoms with van der Waals surface area (Å²) in [7, 11) is 0. The maximum atomic E-state index is 2.69. The fourth-order valence-corrected chi connectivity index (χ4v) is 5.57. The van der Waals surface area contributed by atoms with Gasteiger partial charge in [-0.1, -0.05) is 45.9 Å². The number of hydrogen-bond acceptors (Lipinski definition) is 2. The Kier molecular flexibility index (Phi) is 4.91. The molecule has 148 valence electrons. The van der Waals surface area contributed by atoms with E-state index < -0.39 is 0 Å². The summed E-state index contributed by atoms with van der Waals surface area (Å²) in [4.78, 5) is 5.34. The zero-order valence-electron chi connectivity index (χ0n) is 18.1. The molecule has 1 saturated heterocycles. The van der Waals surface area contributed by atoms with Gasteiger partial charge >= 0.3 is 0 Å². The summed E-state index contributed by atoms with van der Waals surface area (Å²) in [5.74, 6) is 1.00. The predicted molar refractivity (Wildman–Crippen MR) is 117 cm³/mol. The van der Waals surface area contributed by atoms with Crippen molar-refractivity contribution in [1.29, 1.82) is 0 Å². The summed E-state index contributed by atoms with van der Waals surface area (Å²) in [6, 6.07) is 7.13. The van der Waals surface area contributed by atoms with Crippen molar-refractivity contribution in [3.05, 3.63) is 35.4 Å². The van der Waals surface area contributed by atoms with E-state index in [-0.39, 0.29) is 5.41 Å². The average molecular weight is 367 g/mol. The van der Waals surface area contributed by atoms with Crippen molar-refractivity contribution >= 4 is 11.3 Å². The number of anilines is 1. The number of piperazine rings is 1. The third-order valence-electron chi connectivity index (χ3n) is 6.59. The van der Waals surface area contributed by atoms with Crippen LogP contribution in [0.2, 0.25) is 0 Å². The molecule has 0 atom stereocenters. The van der Waals surface area contributed by atoms with Crippen LogP contribution in [0, 0.1) is 23.7 Å². The summed E-state index contributed by atoms with van der Waals surface area (Å²) in [6.45, 7) is 18.0. The number of benzene rings is 1. The van der Waals surface area contributed by atoms with Crippen LogP contribution >= 0.6 is 0 Å². The van der Waals surface area contributed by atoms with Crippen molar-refractivity contribution in [2.45, 2.75) is 60.3 Å². The zero-order chi connectivity index (χ0) is 19.2. The van der Waals surface area contributed by atoms with Crippen LogP contribution in [0.15, 0.2) is 24.3 Å². The normalized spacial score (nSPS) is 25.4. The van der Waals surface area contributed by atoms with Gasteiger partial charge in [-0.15, -0.1) is 0 Å². The number of nitrogens with zero attached hydrogens (tertiary/aromatic N) is 2. The van der Waals surface area contributed by atoms with Gasteiger partial charge in [0.25, 0.3) is 0 Å². The van der Waals surface area contributed by atoms with Gasteiger partial charge in [0.15, 0.2) is 0 Å². The van der Waals surface area contributed by atoms with Gasteiger partial charge in [-0.05, 0) is 66.6 Å². The van der Waals surface area contributed by atoms with Crippen LogP contribution in [0.4, 0.5) is 5.69 Å². The maximum absolute atomic E-state index is 2.69. The summed E-state index contributed by atoms with van der Waals surface area (Å²) >= 11 is 0. The monoisotopic (exact) mass is 366 g/mol. The van der Waals surface area contributed by atoms with Gasteiger partial charge in [-0.2, -0.15) is 0 Å². The Labute approximate surface area is 166 Å². The summed E-state index contributed by atoms with van der Waals surface area (Å²) in [5.41, 5.74) is 6.55. The fraction of sp³-hybridized carbons (Fsp3) is 0.680. The molecule has 0 radical (unpaired) electrons. The molecule has 0 bridgehead atoms. The predicted octanol–water partition coefficient (Wildman–Crippen LogP) is 5.76. The van der Waals surface area contributed by atoms with Crippen molar-refractivity contribution < 1.29 is 0 Å². The number of aryl methyl sites for hydroxylation is 1. The van der Waals surface area contributed by atoms with Crippen LogP contribution in [0.25, 0.3) is 5.57 Å². The van der Waals surface area contributed by atoms with Crippen molar-refractivity contribution in [2.24, 2.45) is 16.7 Å². The van der Waals surface area contributed by atoms with E-state index in [1.807, 2.05) is 0 Å². The Morgan fingerprint density at radius 2 is 1.70 bits per heavy atom. The molecular formula is C25H38N2. The molecular weight excluding hydrogens is 328 g/mol. The molecule has 1 saturated carbocycles. The highest BCUT2D eigenvalue weighted by molar-refractivity contribution is 5.79. The highest BCUT2D eigenvalue weighted by atomic mass is 15.3. The molecule has 1 aliphatic heterocycles. The SMILES string of the molecule is Cc1ccc(C2=CC(C)(C)CC(C)(C)C2)c(N2CCN(CC3CC3)CC2)c1. The molecule has 2 fully saturated rings. The first-order valence-corrected chi connectivity index (χ1v) is 11.0. The molecule has 0 aromatic heterocycles. The van der Waals surface area contributed by atoms with Gasteiger partial charge in [-0.25, -0.2) is 0 Å². The lowest BCUT2D eigenvalue weighted by atomic mass is 9.65. The van der Waals surface area contributed by atoms with Gasteiger partial charge in [0, 0.05) is 44.0 Å². The molecule has 0 amide bonds. The van der Waals surface area contributed by atoms with Gasteiger partial charge in [0.05, 0.1) is 0 Å². The summed E-state index contributed by atoms with van der Waals surface area (Å²) in [5, 5.41) is 0. The number of hydrogen-bond donors (Lipinski definition) is 0. The molecule has 0 spiro atoms. The Morgan fingerprint density at radius 3 is 2.33 bits per heavy atom. The van der Waals surface area contributed by atoms with E-state index in [0.29, 0.717) is 5.41 Å². The van der Waals surface area contributed by atoms with Crippen molar-refractivity contribution in [2.75, 3.05) is 37.6 Å². The quantitative estimate of drug-likeness (QED) is 0.669. The van der Waals surface area contributed by atoms with Crippen LogP contribution in [-0.4, -0.2) is 37.6 Å². The maximum Gasteiger partial charge on any atom is 0.0446 e. The molecule has 3 aliphatic rings. The molecule has 1 aromatic carbocycles. The minimum atomic E-state index is 0.280. The molecule has 27 heavy (non-hydrogen) atoms. The van der Waals surface area contributed by atoms with Gasteiger partial charge in [0.2, 0.25) is 0 Å². The van der Waals surface area contributed by atoms with E-state index in [2.05, 4.69) is 68.7 Å². The van der Waals surface area contributed by atoms with Gasteiger partial charge in [0.1, 0.15) is 0 Å². The Hall–Kier alpha value is -1.28. The first-order chi connectivity index (χ1) is 12.7. The lowest BCUT2D eigenvalue weighted by Gasteiger charge is -2.41. The summed E-state index contributed by atoms with van der Waals surface area (Å²) < 4.78 is 0. The van der Waals surface area contributed by atoms with Crippen LogP contribution in [0.5, 0.6) is 0 Å². The van der Waals surface area contributed by atoms with E-state index >= 15 is 0 Å². The highest BCUT2D eigenvalue weighted by Crippen LogP contribution is 2.48. The summed E-state index contributed by atoms with van der Waals surface area (Å²) in [6.07, 6.45) is 7.94. The Balaban J connectivity index is 1.58. The minimum Gasteiger partial charge on any atom is -0.368 e. The first kappa shape index (κ1) is 19.1. The average Bonchev–Trinajstić information content (AvgIpc) is 3.36. The molecule has 2 heteroatoms. The Morgan fingerprint density at radius 1 is 1.00 bits per heavy atom. The van der Waals surface area contributed by atoms with E-state index in [1.165, 1.54) is 75.2 Å². The Bertz CT molecular complexity index is 716. The lowest BCUT2D eigenvalue weighted by Crippen LogP contribution is -2.47. The molecule has 0 N–H and O–H groups in total. The van der Waals surface area contributed by atoms with Crippen molar-refractivity contribution in [3.8, 4) is 0 Å².